The molecule has 0 heterocycles. The Balaban J connectivity index is 2.94. The van der Waals surface area contributed by atoms with E-state index in [2.05, 4.69) is 4.99 Å². The van der Waals surface area contributed by atoms with Gasteiger partial charge in [0, 0.05) is 10.8 Å². The monoisotopic (exact) mass is 249 g/mol. The van der Waals surface area contributed by atoms with Crippen LogP contribution in [-0.2, 0) is 14.9 Å². The Morgan fingerprint density at radius 2 is 1.71 bits per heavy atom. The minimum atomic E-state index is -4.30. The van der Waals surface area contributed by atoms with Gasteiger partial charge in [-0.25, -0.2) is 4.79 Å². The molecule has 1 N–H and O–H groups in total. The highest BCUT2D eigenvalue weighted by Crippen LogP contribution is 2.30. The molecule has 0 aliphatic carbocycles. The lowest BCUT2D eigenvalue weighted by Crippen LogP contribution is -1.98. The molecule has 0 aromatic heterocycles. The average molecular weight is 249 g/mol. The molecule has 0 unspecified atom stereocenters. The van der Waals surface area contributed by atoms with Crippen molar-refractivity contribution in [3.05, 3.63) is 36.4 Å². The van der Waals surface area contributed by atoms with Gasteiger partial charge in [0.2, 0.25) is 6.08 Å². The molecule has 0 spiro atoms. The molecule has 0 fully saturated rings. The van der Waals surface area contributed by atoms with Gasteiger partial charge < -0.3 is 0 Å². The van der Waals surface area contributed by atoms with E-state index in [1.54, 1.807) is 18.2 Å². The number of isocyanates is 1. The van der Waals surface area contributed by atoms with E-state index in [0.29, 0.717) is 16.5 Å². The highest BCUT2D eigenvalue weighted by Gasteiger charge is 2.15. The lowest BCUT2D eigenvalue weighted by molar-refractivity contribution is 0.484. The summed E-state index contributed by atoms with van der Waals surface area (Å²) in [4.78, 5) is 13.5. The zero-order valence-electron chi connectivity index (χ0n) is 8.49. The zero-order valence-corrected chi connectivity index (χ0v) is 9.31. The highest BCUT2D eigenvalue weighted by molar-refractivity contribution is 7.86. The van der Waals surface area contributed by atoms with Crippen LogP contribution in [0.3, 0.4) is 0 Å². The fraction of sp³-hybridized carbons (Fsp3) is 0. The number of carbonyl (C=O) groups excluding carboxylic acids is 1. The van der Waals surface area contributed by atoms with Gasteiger partial charge in [-0.3, -0.25) is 4.55 Å². The third-order valence-corrected chi connectivity index (χ3v) is 3.22. The van der Waals surface area contributed by atoms with E-state index in [-0.39, 0.29) is 4.90 Å². The van der Waals surface area contributed by atoms with Crippen LogP contribution in [-0.4, -0.2) is 19.1 Å². The van der Waals surface area contributed by atoms with Gasteiger partial charge in [-0.05, 0) is 12.1 Å². The van der Waals surface area contributed by atoms with Crippen LogP contribution >= 0.6 is 0 Å². The van der Waals surface area contributed by atoms with Crippen molar-refractivity contribution in [3.8, 4) is 0 Å². The molecule has 0 saturated carbocycles. The molecule has 2 aromatic rings. The first kappa shape index (κ1) is 11.5. The summed E-state index contributed by atoms with van der Waals surface area (Å²) in [5.74, 6) is 0. The highest BCUT2D eigenvalue weighted by atomic mass is 32.2. The van der Waals surface area contributed by atoms with E-state index in [0.717, 1.165) is 0 Å². The van der Waals surface area contributed by atoms with Gasteiger partial charge in [-0.1, -0.05) is 24.3 Å². The quantitative estimate of drug-likeness (QED) is 0.501. The van der Waals surface area contributed by atoms with Gasteiger partial charge in [0.1, 0.15) is 4.90 Å². The Morgan fingerprint density at radius 3 is 2.29 bits per heavy atom. The Kier molecular flexibility index (Phi) is 2.77. The summed E-state index contributed by atoms with van der Waals surface area (Å²) in [5, 5.41) is 0.775. The van der Waals surface area contributed by atoms with Crippen LogP contribution in [0, 0.1) is 0 Å². The van der Waals surface area contributed by atoms with E-state index in [1.165, 1.54) is 24.3 Å². The maximum Gasteiger partial charge on any atom is 0.295 e. The molecule has 0 atom stereocenters. The van der Waals surface area contributed by atoms with Crippen molar-refractivity contribution >= 4 is 32.7 Å². The summed E-state index contributed by atoms with van der Waals surface area (Å²) in [7, 11) is -4.30. The molecule has 0 bridgehead atoms. The molecule has 0 radical (unpaired) electrons. The number of hydrogen-bond donors (Lipinski definition) is 1. The van der Waals surface area contributed by atoms with Crippen LogP contribution in [0.25, 0.3) is 10.8 Å². The number of fused-ring (bicyclic) bond motifs is 1. The minimum Gasteiger partial charge on any atom is -0.282 e. The summed E-state index contributed by atoms with van der Waals surface area (Å²) in [6, 6.07) is 9.00. The number of benzene rings is 2. The molecule has 86 valence electrons. The van der Waals surface area contributed by atoms with Crippen LogP contribution in [0.4, 0.5) is 5.69 Å². The van der Waals surface area contributed by atoms with Crippen molar-refractivity contribution in [2.24, 2.45) is 4.99 Å². The largest absolute Gasteiger partial charge is 0.295 e. The lowest BCUT2D eigenvalue weighted by Gasteiger charge is -2.05. The summed E-state index contributed by atoms with van der Waals surface area (Å²) in [6.45, 7) is 0. The fourth-order valence-electron chi connectivity index (χ4n) is 1.63. The van der Waals surface area contributed by atoms with Crippen LogP contribution in [0.1, 0.15) is 0 Å². The van der Waals surface area contributed by atoms with E-state index < -0.39 is 10.1 Å². The van der Waals surface area contributed by atoms with Crippen LogP contribution in [0.5, 0.6) is 0 Å². The molecule has 17 heavy (non-hydrogen) atoms. The Labute approximate surface area is 97.2 Å². The van der Waals surface area contributed by atoms with Gasteiger partial charge in [0.15, 0.2) is 0 Å². The minimum absolute atomic E-state index is 0.210. The number of nitrogens with zero attached hydrogens (tertiary/aromatic N) is 1. The second-order valence-electron chi connectivity index (χ2n) is 3.31. The number of aliphatic imine (C=N–C) groups is 1. The van der Waals surface area contributed by atoms with Crippen LogP contribution in [0.2, 0.25) is 0 Å². The summed E-state index contributed by atoms with van der Waals surface area (Å²) in [5.41, 5.74) is 0.308. The van der Waals surface area contributed by atoms with Gasteiger partial charge in [-0.15, -0.1) is 0 Å². The lowest BCUT2D eigenvalue weighted by atomic mass is 10.1. The first-order valence-electron chi connectivity index (χ1n) is 4.61. The van der Waals surface area contributed by atoms with Crippen molar-refractivity contribution in [3.63, 3.8) is 0 Å². The second-order valence-corrected chi connectivity index (χ2v) is 4.70. The smallest absolute Gasteiger partial charge is 0.282 e. The van der Waals surface area contributed by atoms with Gasteiger partial charge in [0.05, 0.1) is 5.69 Å². The average Bonchev–Trinajstić information content (AvgIpc) is 2.28. The maximum absolute atomic E-state index is 11.2. The second kappa shape index (κ2) is 4.10. The van der Waals surface area contributed by atoms with Gasteiger partial charge in [0.25, 0.3) is 10.1 Å². The van der Waals surface area contributed by atoms with Crippen molar-refractivity contribution in [1.29, 1.82) is 0 Å². The molecule has 0 saturated heterocycles. The zero-order chi connectivity index (χ0) is 12.5. The predicted octanol–water partition coefficient (Wildman–Crippen LogP) is 2.05. The van der Waals surface area contributed by atoms with Crippen LogP contribution in [0.15, 0.2) is 46.3 Å². The normalized spacial score (nSPS) is 11.1. The van der Waals surface area contributed by atoms with Crippen molar-refractivity contribution in [2.45, 2.75) is 4.90 Å². The molecule has 0 aliphatic heterocycles. The third kappa shape index (κ3) is 2.09. The standard InChI is InChI=1S/C11H7NO4S/c13-7-12-10-5-6-11(17(14,15)16)9-4-2-1-3-8(9)10/h1-6H,(H,14,15,16). The molecular weight excluding hydrogens is 242 g/mol. The number of hydrogen-bond acceptors (Lipinski definition) is 4. The van der Waals surface area contributed by atoms with Crippen molar-refractivity contribution in [1.82, 2.24) is 0 Å². The molecular formula is C11H7NO4S. The molecule has 2 rings (SSSR count). The number of rotatable bonds is 2. The Morgan fingerprint density at radius 1 is 1.06 bits per heavy atom. The topological polar surface area (TPSA) is 83.8 Å². The Hall–Kier alpha value is -2.01. The first-order chi connectivity index (χ1) is 8.04. The fourth-order valence-corrected chi connectivity index (χ4v) is 2.32. The Bertz CT molecular complexity index is 730. The molecule has 2 aromatic carbocycles. The van der Waals surface area contributed by atoms with E-state index in [9.17, 15) is 13.2 Å². The van der Waals surface area contributed by atoms with E-state index in [1.807, 2.05) is 0 Å². The van der Waals surface area contributed by atoms with E-state index >= 15 is 0 Å². The van der Waals surface area contributed by atoms with Gasteiger partial charge in [-0.2, -0.15) is 13.4 Å². The van der Waals surface area contributed by atoms with Crippen molar-refractivity contribution < 1.29 is 17.8 Å². The molecule has 0 amide bonds. The third-order valence-electron chi connectivity index (χ3n) is 2.31. The molecule has 6 heteroatoms. The summed E-state index contributed by atoms with van der Waals surface area (Å²) < 4.78 is 31.4. The predicted molar refractivity (Wildman–Crippen MR) is 61.5 cm³/mol. The SMILES string of the molecule is O=C=Nc1ccc(S(=O)(=O)O)c2ccccc12. The first-order valence-corrected chi connectivity index (χ1v) is 6.05. The van der Waals surface area contributed by atoms with Crippen LogP contribution < -0.4 is 0 Å². The summed E-state index contributed by atoms with van der Waals surface area (Å²) in [6.07, 6.45) is 1.40. The maximum atomic E-state index is 11.2. The van der Waals surface area contributed by atoms with E-state index in [4.69, 9.17) is 4.55 Å². The van der Waals surface area contributed by atoms with Gasteiger partial charge >= 0.3 is 0 Å². The summed E-state index contributed by atoms with van der Waals surface area (Å²) >= 11 is 0. The molecule has 0 aliphatic rings. The van der Waals surface area contributed by atoms with Crippen molar-refractivity contribution in [2.75, 3.05) is 0 Å². The molecule has 5 nitrogen and oxygen atoms in total.